The van der Waals surface area contributed by atoms with E-state index in [1.54, 1.807) is 12.0 Å². The van der Waals surface area contributed by atoms with Crippen molar-refractivity contribution in [2.75, 3.05) is 33.4 Å². The summed E-state index contributed by atoms with van der Waals surface area (Å²) in [6, 6.07) is 17.0. The number of aryl methyl sites for hydroxylation is 1. The molecule has 8 nitrogen and oxygen atoms in total. The van der Waals surface area contributed by atoms with Crippen LogP contribution in [-0.4, -0.2) is 77.5 Å². The Hall–Kier alpha value is -3.36. The summed E-state index contributed by atoms with van der Waals surface area (Å²) in [4.78, 5) is 30.2. The van der Waals surface area contributed by atoms with Crippen LogP contribution in [0.3, 0.4) is 0 Å². The SMILES string of the molecule is COCCCn1cc(CN(C(=O)[C@H]2CN(C(=O)OC(C)(C)C)CCO2)C2CC2)c2c(-c3ccccc3)cccc21. The molecule has 214 valence electrons. The molecular formula is C32H41N3O5. The van der Waals surface area contributed by atoms with Gasteiger partial charge in [-0.1, -0.05) is 42.5 Å². The van der Waals surface area contributed by atoms with Crippen LogP contribution in [0.1, 0.15) is 45.6 Å². The normalized spacial score (nSPS) is 17.7. The maximum atomic E-state index is 13.9. The van der Waals surface area contributed by atoms with Crippen LogP contribution in [0, 0.1) is 0 Å². The number of ether oxygens (including phenoxy) is 3. The van der Waals surface area contributed by atoms with Gasteiger partial charge < -0.3 is 28.6 Å². The van der Waals surface area contributed by atoms with Crippen molar-refractivity contribution in [1.29, 1.82) is 0 Å². The number of methoxy groups -OCH3 is 1. The highest BCUT2D eigenvalue weighted by atomic mass is 16.6. The first-order chi connectivity index (χ1) is 19.2. The fraction of sp³-hybridized carbons (Fsp3) is 0.500. The highest BCUT2D eigenvalue weighted by molar-refractivity contribution is 5.98. The predicted octanol–water partition coefficient (Wildman–Crippen LogP) is 5.47. The molecule has 0 radical (unpaired) electrons. The smallest absolute Gasteiger partial charge is 0.410 e. The number of hydrogen-bond donors (Lipinski definition) is 0. The van der Waals surface area contributed by atoms with Crippen LogP contribution in [0.5, 0.6) is 0 Å². The Bertz CT molecular complexity index is 1330. The van der Waals surface area contributed by atoms with Gasteiger partial charge in [-0.25, -0.2) is 4.79 Å². The summed E-state index contributed by atoms with van der Waals surface area (Å²) in [5, 5.41) is 1.17. The summed E-state index contributed by atoms with van der Waals surface area (Å²) in [6.07, 6.45) is 3.95. The van der Waals surface area contributed by atoms with Gasteiger partial charge in [-0.15, -0.1) is 0 Å². The summed E-state index contributed by atoms with van der Waals surface area (Å²) < 4.78 is 19.1. The topological polar surface area (TPSA) is 73.2 Å². The molecule has 0 spiro atoms. The largest absolute Gasteiger partial charge is 0.444 e. The van der Waals surface area contributed by atoms with Crippen LogP contribution < -0.4 is 0 Å². The lowest BCUT2D eigenvalue weighted by atomic mass is 9.99. The van der Waals surface area contributed by atoms with E-state index >= 15 is 0 Å². The number of rotatable bonds is 9. The number of nitrogens with zero attached hydrogens (tertiary/aromatic N) is 3. The Morgan fingerprint density at radius 1 is 1.07 bits per heavy atom. The summed E-state index contributed by atoms with van der Waals surface area (Å²) in [6.45, 7) is 8.47. The van der Waals surface area contributed by atoms with E-state index in [0.717, 1.165) is 48.0 Å². The Morgan fingerprint density at radius 3 is 2.55 bits per heavy atom. The lowest BCUT2D eigenvalue weighted by Crippen LogP contribution is -2.53. The number of fused-ring (bicyclic) bond motifs is 1. The molecule has 0 N–H and O–H groups in total. The lowest BCUT2D eigenvalue weighted by Gasteiger charge is -2.36. The maximum absolute atomic E-state index is 13.9. The van der Waals surface area contributed by atoms with E-state index in [1.807, 2.05) is 31.7 Å². The molecule has 2 fully saturated rings. The first-order valence-electron chi connectivity index (χ1n) is 14.3. The molecule has 0 bridgehead atoms. The number of hydrogen-bond acceptors (Lipinski definition) is 5. The Kier molecular flexibility index (Phi) is 8.47. The number of carbonyl (C=O) groups is 2. The molecule has 1 aromatic heterocycles. The third-order valence-electron chi connectivity index (χ3n) is 7.42. The van der Waals surface area contributed by atoms with Crippen LogP contribution in [0.4, 0.5) is 4.79 Å². The predicted molar refractivity (Wildman–Crippen MR) is 155 cm³/mol. The van der Waals surface area contributed by atoms with Crippen molar-refractivity contribution in [3.63, 3.8) is 0 Å². The molecule has 2 amide bonds. The minimum absolute atomic E-state index is 0.0618. The number of aromatic nitrogens is 1. The molecule has 40 heavy (non-hydrogen) atoms. The second kappa shape index (κ2) is 12.0. The van der Waals surface area contributed by atoms with Gasteiger partial charge in [0, 0.05) is 56.5 Å². The van der Waals surface area contributed by atoms with Gasteiger partial charge in [0.05, 0.1) is 13.2 Å². The molecule has 1 atom stereocenters. The molecular weight excluding hydrogens is 506 g/mol. The fourth-order valence-corrected chi connectivity index (χ4v) is 5.41. The van der Waals surface area contributed by atoms with Crippen molar-refractivity contribution in [1.82, 2.24) is 14.4 Å². The molecule has 1 saturated heterocycles. The van der Waals surface area contributed by atoms with Crippen molar-refractivity contribution in [3.05, 3.63) is 60.3 Å². The first-order valence-corrected chi connectivity index (χ1v) is 14.3. The average molecular weight is 548 g/mol. The molecule has 2 aromatic carbocycles. The minimum Gasteiger partial charge on any atom is -0.444 e. The highest BCUT2D eigenvalue weighted by Gasteiger charge is 2.40. The number of benzene rings is 2. The third kappa shape index (κ3) is 6.50. The van der Waals surface area contributed by atoms with Crippen molar-refractivity contribution in [2.45, 2.75) is 70.9 Å². The fourth-order valence-electron chi connectivity index (χ4n) is 5.41. The zero-order chi connectivity index (χ0) is 28.3. The molecule has 1 saturated carbocycles. The van der Waals surface area contributed by atoms with Gasteiger partial charge in [-0.2, -0.15) is 0 Å². The molecule has 2 heterocycles. The standard InChI is InChI=1S/C32H41N3O5/c1-32(2,3)40-31(37)34-17-19-39-28(22-34)30(36)35(25-14-15-25)21-24-20-33(16-9-18-38-4)27-13-8-12-26(29(24)27)23-10-6-5-7-11-23/h5-8,10-13,20,25,28H,9,14-19,21-22H2,1-4H3/t28-/m1/s1. The van der Waals surface area contributed by atoms with Crippen LogP contribution >= 0.6 is 0 Å². The van der Waals surface area contributed by atoms with Crippen LogP contribution in [-0.2, 0) is 32.1 Å². The van der Waals surface area contributed by atoms with Gasteiger partial charge in [-0.05, 0) is 62.8 Å². The van der Waals surface area contributed by atoms with E-state index in [9.17, 15) is 9.59 Å². The van der Waals surface area contributed by atoms with E-state index < -0.39 is 17.8 Å². The number of morpholine rings is 1. The van der Waals surface area contributed by atoms with Crippen molar-refractivity contribution in [2.24, 2.45) is 0 Å². The monoisotopic (exact) mass is 547 g/mol. The van der Waals surface area contributed by atoms with Gasteiger partial charge >= 0.3 is 6.09 Å². The molecule has 0 unspecified atom stereocenters. The number of amides is 2. The van der Waals surface area contributed by atoms with E-state index in [4.69, 9.17) is 14.2 Å². The quantitative estimate of drug-likeness (QED) is 0.332. The Morgan fingerprint density at radius 2 is 1.85 bits per heavy atom. The van der Waals surface area contributed by atoms with Crippen LogP contribution in [0.2, 0.25) is 0 Å². The first kappa shape index (κ1) is 28.2. The zero-order valence-electron chi connectivity index (χ0n) is 24.1. The van der Waals surface area contributed by atoms with Crippen molar-refractivity contribution < 1.29 is 23.8 Å². The van der Waals surface area contributed by atoms with Crippen molar-refractivity contribution >= 4 is 22.9 Å². The minimum atomic E-state index is -0.703. The molecule has 3 aromatic rings. The van der Waals surface area contributed by atoms with Crippen molar-refractivity contribution in [3.8, 4) is 11.1 Å². The van der Waals surface area contributed by atoms with E-state index in [0.29, 0.717) is 26.3 Å². The Labute approximate surface area is 236 Å². The Balaban J connectivity index is 1.44. The molecule has 1 aliphatic carbocycles. The van der Waals surface area contributed by atoms with E-state index in [1.165, 1.54) is 5.39 Å². The van der Waals surface area contributed by atoms with Crippen LogP contribution in [0.25, 0.3) is 22.0 Å². The third-order valence-corrected chi connectivity index (χ3v) is 7.42. The van der Waals surface area contributed by atoms with Gasteiger partial charge in [0.15, 0.2) is 6.10 Å². The average Bonchev–Trinajstić information content (AvgIpc) is 3.73. The molecule has 8 heteroatoms. The van der Waals surface area contributed by atoms with Crippen LogP contribution in [0.15, 0.2) is 54.7 Å². The molecule has 1 aliphatic heterocycles. The van der Waals surface area contributed by atoms with E-state index in [-0.39, 0.29) is 18.5 Å². The zero-order valence-corrected chi connectivity index (χ0v) is 24.1. The summed E-state index contributed by atoms with van der Waals surface area (Å²) in [7, 11) is 1.73. The summed E-state index contributed by atoms with van der Waals surface area (Å²) >= 11 is 0. The van der Waals surface area contributed by atoms with Gasteiger partial charge in [-0.3, -0.25) is 4.79 Å². The lowest BCUT2D eigenvalue weighted by molar-refractivity contribution is -0.150. The van der Waals surface area contributed by atoms with Gasteiger partial charge in [0.2, 0.25) is 0 Å². The van der Waals surface area contributed by atoms with Gasteiger partial charge in [0.25, 0.3) is 5.91 Å². The second-order valence-corrected chi connectivity index (χ2v) is 11.7. The molecule has 5 rings (SSSR count). The second-order valence-electron chi connectivity index (χ2n) is 11.7. The summed E-state index contributed by atoms with van der Waals surface area (Å²) in [5.74, 6) is -0.0618. The maximum Gasteiger partial charge on any atom is 0.410 e. The van der Waals surface area contributed by atoms with E-state index in [2.05, 4.69) is 53.2 Å². The number of carbonyl (C=O) groups excluding carboxylic acids is 2. The molecule has 2 aliphatic rings. The summed E-state index contributed by atoms with van der Waals surface area (Å²) in [5.41, 5.74) is 3.99. The van der Waals surface area contributed by atoms with Gasteiger partial charge in [0.1, 0.15) is 5.60 Å². The highest BCUT2D eigenvalue weighted by Crippen LogP contribution is 2.36.